The molecule has 0 aromatic heterocycles. The number of hydrogen-bond acceptors (Lipinski definition) is 4. The summed E-state index contributed by atoms with van der Waals surface area (Å²) in [7, 11) is -3.37. The van der Waals surface area contributed by atoms with Crippen LogP contribution in [0.25, 0.3) is 0 Å². The summed E-state index contributed by atoms with van der Waals surface area (Å²) >= 11 is 12.1. The SMILES string of the molecule is CS(=O)(=O)c1ccc(Oc2cc(CC(=O)O)ccc2Cl)c(Cl)c1. The van der Waals surface area contributed by atoms with Crippen molar-refractivity contribution in [2.45, 2.75) is 11.3 Å². The van der Waals surface area contributed by atoms with Gasteiger partial charge in [-0.05, 0) is 35.9 Å². The van der Waals surface area contributed by atoms with Gasteiger partial charge in [0, 0.05) is 6.26 Å². The molecule has 0 saturated carbocycles. The van der Waals surface area contributed by atoms with E-state index in [1.165, 1.54) is 30.3 Å². The number of carbonyl (C=O) groups is 1. The maximum absolute atomic E-state index is 11.5. The molecule has 0 unspecified atom stereocenters. The van der Waals surface area contributed by atoms with Crippen LogP contribution in [0.3, 0.4) is 0 Å². The van der Waals surface area contributed by atoms with Crippen LogP contribution in [0.15, 0.2) is 41.3 Å². The van der Waals surface area contributed by atoms with Crippen molar-refractivity contribution in [3.63, 3.8) is 0 Å². The second-order valence-corrected chi connectivity index (χ2v) is 7.63. The van der Waals surface area contributed by atoms with Crippen LogP contribution in [0.2, 0.25) is 10.0 Å². The summed E-state index contributed by atoms with van der Waals surface area (Å²) in [6, 6.07) is 8.66. The highest BCUT2D eigenvalue weighted by Crippen LogP contribution is 2.35. The number of halogens is 2. The second kappa shape index (κ2) is 6.78. The minimum atomic E-state index is -3.37. The van der Waals surface area contributed by atoms with E-state index < -0.39 is 15.8 Å². The number of benzene rings is 2. The minimum absolute atomic E-state index is 0.0700. The molecule has 8 heteroatoms. The number of rotatable bonds is 5. The third kappa shape index (κ3) is 4.60. The number of hydrogen-bond donors (Lipinski definition) is 1. The van der Waals surface area contributed by atoms with Crippen molar-refractivity contribution in [3.8, 4) is 11.5 Å². The van der Waals surface area contributed by atoms with Crippen molar-refractivity contribution < 1.29 is 23.1 Å². The fourth-order valence-electron chi connectivity index (χ4n) is 1.82. The Bertz CT molecular complexity index is 862. The molecule has 5 nitrogen and oxygen atoms in total. The van der Waals surface area contributed by atoms with E-state index in [4.69, 9.17) is 33.0 Å². The highest BCUT2D eigenvalue weighted by atomic mass is 35.5. The van der Waals surface area contributed by atoms with E-state index >= 15 is 0 Å². The predicted molar refractivity (Wildman–Crippen MR) is 87.4 cm³/mol. The lowest BCUT2D eigenvalue weighted by molar-refractivity contribution is -0.136. The first-order chi connectivity index (χ1) is 10.7. The summed E-state index contributed by atoms with van der Waals surface area (Å²) < 4.78 is 28.5. The van der Waals surface area contributed by atoms with E-state index in [2.05, 4.69) is 0 Å². The fraction of sp³-hybridized carbons (Fsp3) is 0.133. The highest BCUT2D eigenvalue weighted by Gasteiger charge is 2.13. The average Bonchev–Trinajstić information content (AvgIpc) is 2.43. The van der Waals surface area contributed by atoms with Crippen LogP contribution < -0.4 is 4.74 Å². The molecule has 0 atom stereocenters. The van der Waals surface area contributed by atoms with Gasteiger partial charge in [0.15, 0.2) is 9.84 Å². The summed E-state index contributed by atoms with van der Waals surface area (Å²) in [6.07, 6.45) is 0.902. The van der Waals surface area contributed by atoms with E-state index in [9.17, 15) is 13.2 Å². The molecule has 0 aliphatic rings. The van der Waals surface area contributed by atoms with E-state index in [1.54, 1.807) is 6.07 Å². The van der Waals surface area contributed by atoms with Crippen molar-refractivity contribution in [1.82, 2.24) is 0 Å². The largest absolute Gasteiger partial charge is 0.481 e. The topological polar surface area (TPSA) is 80.7 Å². The van der Waals surface area contributed by atoms with Gasteiger partial charge in [0.2, 0.25) is 0 Å². The van der Waals surface area contributed by atoms with Gasteiger partial charge in [0.25, 0.3) is 0 Å². The highest BCUT2D eigenvalue weighted by molar-refractivity contribution is 7.90. The van der Waals surface area contributed by atoms with Gasteiger partial charge in [-0.3, -0.25) is 4.79 Å². The molecule has 0 saturated heterocycles. The Morgan fingerprint density at radius 2 is 1.78 bits per heavy atom. The molecule has 0 bridgehead atoms. The molecule has 0 fully saturated rings. The van der Waals surface area contributed by atoms with Crippen LogP contribution >= 0.6 is 23.2 Å². The van der Waals surface area contributed by atoms with Gasteiger partial charge in [-0.2, -0.15) is 0 Å². The maximum atomic E-state index is 11.5. The number of aliphatic carboxylic acids is 1. The molecule has 0 spiro atoms. The molecule has 23 heavy (non-hydrogen) atoms. The number of ether oxygens (including phenoxy) is 1. The lowest BCUT2D eigenvalue weighted by atomic mass is 10.1. The Labute approximate surface area is 143 Å². The smallest absolute Gasteiger partial charge is 0.307 e. The number of carboxylic acids is 1. The first-order valence-electron chi connectivity index (χ1n) is 6.34. The van der Waals surface area contributed by atoms with Gasteiger partial charge < -0.3 is 9.84 Å². The zero-order chi connectivity index (χ0) is 17.2. The van der Waals surface area contributed by atoms with E-state index in [0.717, 1.165) is 6.26 Å². The van der Waals surface area contributed by atoms with E-state index in [-0.39, 0.29) is 32.9 Å². The Hall–Kier alpha value is -1.76. The molecule has 0 amide bonds. The Morgan fingerprint density at radius 3 is 2.35 bits per heavy atom. The van der Waals surface area contributed by atoms with Gasteiger partial charge in [0.1, 0.15) is 11.5 Å². The molecule has 2 aromatic carbocycles. The number of carboxylic acid groups (broad SMARTS) is 1. The Kier molecular flexibility index (Phi) is 5.19. The quantitative estimate of drug-likeness (QED) is 0.860. The molecular weight excluding hydrogens is 363 g/mol. The first kappa shape index (κ1) is 17.6. The van der Waals surface area contributed by atoms with E-state index in [0.29, 0.717) is 5.56 Å². The normalized spacial score (nSPS) is 11.3. The maximum Gasteiger partial charge on any atom is 0.307 e. The lowest BCUT2D eigenvalue weighted by Gasteiger charge is -2.11. The van der Waals surface area contributed by atoms with Crippen molar-refractivity contribution >= 4 is 39.0 Å². The second-order valence-electron chi connectivity index (χ2n) is 4.80. The van der Waals surface area contributed by atoms with Crippen LogP contribution in [-0.4, -0.2) is 25.7 Å². The Balaban J connectivity index is 2.34. The van der Waals surface area contributed by atoms with Gasteiger partial charge in [-0.1, -0.05) is 29.3 Å². The molecule has 0 radical (unpaired) electrons. The molecule has 1 N–H and O–H groups in total. The minimum Gasteiger partial charge on any atom is -0.481 e. The monoisotopic (exact) mass is 374 g/mol. The predicted octanol–water partition coefficient (Wildman–Crippen LogP) is 3.82. The number of sulfone groups is 1. The van der Waals surface area contributed by atoms with Crippen molar-refractivity contribution in [3.05, 3.63) is 52.0 Å². The van der Waals surface area contributed by atoms with Crippen molar-refractivity contribution in [1.29, 1.82) is 0 Å². The molecule has 0 heterocycles. The average molecular weight is 375 g/mol. The molecule has 122 valence electrons. The van der Waals surface area contributed by atoms with Gasteiger partial charge in [0.05, 0.1) is 21.4 Å². The van der Waals surface area contributed by atoms with Crippen molar-refractivity contribution in [2.24, 2.45) is 0 Å². The van der Waals surface area contributed by atoms with Crippen LogP contribution in [0.5, 0.6) is 11.5 Å². The third-order valence-corrected chi connectivity index (χ3v) is 4.62. The van der Waals surface area contributed by atoms with Crippen molar-refractivity contribution in [2.75, 3.05) is 6.26 Å². The van der Waals surface area contributed by atoms with Crippen LogP contribution in [0.1, 0.15) is 5.56 Å². The Morgan fingerprint density at radius 1 is 1.09 bits per heavy atom. The first-order valence-corrected chi connectivity index (χ1v) is 8.99. The molecule has 2 aromatic rings. The molecule has 0 aliphatic carbocycles. The summed E-state index contributed by atoms with van der Waals surface area (Å²) in [5.74, 6) is -0.526. The summed E-state index contributed by atoms with van der Waals surface area (Å²) in [6.45, 7) is 0. The molecular formula is C15H12Cl2O5S. The summed E-state index contributed by atoms with van der Waals surface area (Å²) in [4.78, 5) is 10.8. The zero-order valence-corrected chi connectivity index (χ0v) is 14.2. The van der Waals surface area contributed by atoms with Gasteiger partial charge in [-0.25, -0.2) is 8.42 Å². The van der Waals surface area contributed by atoms with Gasteiger partial charge in [-0.15, -0.1) is 0 Å². The van der Waals surface area contributed by atoms with Crippen LogP contribution in [-0.2, 0) is 21.1 Å². The van der Waals surface area contributed by atoms with E-state index in [1.807, 2.05) is 0 Å². The molecule has 2 rings (SSSR count). The lowest BCUT2D eigenvalue weighted by Crippen LogP contribution is -2.00. The fourth-order valence-corrected chi connectivity index (χ4v) is 2.91. The zero-order valence-electron chi connectivity index (χ0n) is 11.9. The standard InChI is InChI=1S/C15H12Cl2O5S/c1-23(20,21)10-3-5-13(12(17)8-10)22-14-6-9(7-15(18)19)2-4-11(14)16/h2-6,8H,7H2,1H3,(H,18,19). The summed E-state index contributed by atoms with van der Waals surface area (Å²) in [5, 5.41) is 9.20. The van der Waals surface area contributed by atoms with Crippen LogP contribution in [0, 0.1) is 0 Å². The van der Waals surface area contributed by atoms with Gasteiger partial charge >= 0.3 is 5.97 Å². The molecule has 0 aliphatic heterocycles. The third-order valence-electron chi connectivity index (χ3n) is 2.90. The van der Waals surface area contributed by atoms with Crippen LogP contribution in [0.4, 0.5) is 0 Å². The summed E-state index contributed by atoms with van der Waals surface area (Å²) in [5.41, 5.74) is 0.515.